The van der Waals surface area contributed by atoms with Crippen LogP contribution in [-0.4, -0.2) is 37.0 Å². The van der Waals surface area contributed by atoms with Crippen LogP contribution < -0.4 is 0 Å². The van der Waals surface area contributed by atoms with Gasteiger partial charge in [-0.2, -0.15) is 4.31 Å². The summed E-state index contributed by atoms with van der Waals surface area (Å²) in [6, 6.07) is 5.50. The van der Waals surface area contributed by atoms with Crippen molar-refractivity contribution in [3.63, 3.8) is 0 Å². The van der Waals surface area contributed by atoms with Crippen LogP contribution in [0.25, 0.3) is 0 Å². The molecular weight excluding hydrogens is 274 g/mol. The average molecular weight is 297 g/mol. The molecule has 2 unspecified atom stereocenters. The molecule has 1 heterocycles. The maximum absolute atomic E-state index is 12.8. The van der Waals surface area contributed by atoms with Crippen LogP contribution in [0.3, 0.4) is 0 Å². The molecule has 1 saturated heterocycles. The predicted octanol–water partition coefficient (Wildman–Crippen LogP) is 2.08. The van der Waals surface area contributed by atoms with E-state index in [0.29, 0.717) is 18.0 Å². The monoisotopic (exact) mass is 297 g/mol. The Morgan fingerprint density at radius 1 is 1.35 bits per heavy atom. The van der Waals surface area contributed by atoms with Gasteiger partial charge < -0.3 is 5.11 Å². The van der Waals surface area contributed by atoms with E-state index < -0.39 is 16.1 Å². The zero-order valence-electron chi connectivity index (χ0n) is 12.3. The molecule has 1 fully saturated rings. The number of hydrogen-bond donors (Lipinski definition) is 1. The highest BCUT2D eigenvalue weighted by Crippen LogP contribution is 2.27. The smallest absolute Gasteiger partial charge is 0.243 e. The molecule has 112 valence electrons. The van der Waals surface area contributed by atoms with Gasteiger partial charge in [0.05, 0.1) is 11.0 Å². The van der Waals surface area contributed by atoms with Crippen molar-refractivity contribution in [1.29, 1.82) is 0 Å². The lowest BCUT2D eigenvalue weighted by Crippen LogP contribution is -2.43. The van der Waals surface area contributed by atoms with Crippen LogP contribution >= 0.6 is 0 Å². The van der Waals surface area contributed by atoms with Crippen molar-refractivity contribution in [3.8, 4) is 0 Å². The topological polar surface area (TPSA) is 57.6 Å². The number of rotatable bonds is 3. The fraction of sp³-hybridized carbons (Fsp3) is 0.600. The molecule has 0 bridgehead atoms. The van der Waals surface area contributed by atoms with Gasteiger partial charge in [-0.3, -0.25) is 0 Å². The van der Waals surface area contributed by atoms with Gasteiger partial charge in [-0.1, -0.05) is 12.1 Å². The summed E-state index contributed by atoms with van der Waals surface area (Å²) >= 11 is 0. The second kappa shape index (κ2) is 5.84. The van der Waals surface area contributed by atoms with Crippen LogP contribution in [0.4, 0.5) is 0 Å². The Labute approximate surface area is 121 Å². The van der Waals surface area contributed by atoms with Crippen molar-refractivity contribution in [1.82, 2.24) is 4.31 Å². The first kappa shape index (κ1) is 15.5. The summed E-state index contributed by atoms with van der Waals surface area (Å²) in [5, 5.41) is 9.71. The summed E-state index contributed by atoms with van der Waals surface area (Å²) in [6.07, 6.45) is 1.22. The van der Waals surface area contributed by atoms with Crippen LogP contribution in [0.1, 0.15) is 30.9 Å². The first-order valence-corrected chi connectivity index (χ1v) is 8.52. The maximum Gasteiger partial charge on any atom is 0.243 e. The summed E-state index contributed by atoms with van der Waals surface area (Å²) in [6.45, 7) is 6.40. The van der Waals surface area contributed by atoms with Gasteiger partial charge >= 0.3 is 0 Å². The van der Waals surface area contributed by atoms with Gasteiger partial charge in [-0.05, 0) is 56.7 Å². The van der Waals surface area contributed by atoms with Crippen LogP contribution in [0.2, 0.25) is 0 Å². The van der Waals surface area contributed by atoms with Crippen molar-refractivity contribution in [2.45, 2.75) is 44.6 Å². The van der Waals surface area contributed by atoms with Gasteiger partial charge in [0, 0.05) is 13.1 Å². The SMILES string of the molecule is Cc1ccc(C)c(S(=O)(=O)N2CCCC(C(C)O)C2)c1. The summed E-state index contributed by atoms with van der Waals surface area (Å²) in [7, 11) is -3.46. The summed E-state index contributed by atoms with van der Waals surface area (Å²) < 4.78 is 27.1. The fourth-order valence-corrected chi connectivity index (χ4v) is 4.56. The Balaban J connectivity index is 2.32. The van der Waals surface area contributed by atoms with E-state index in [2.05, 4.69) is 0 Å². The minimum Gasteiger partial charge on any atom is -0.393 e. The molecule has 2 rings (SSSR count). The minimum absolute atomic E-state index is 0.0311. The normalized spacial score (nSPS) is 22.7. The second-order valence-electron chi connectivity index (χ2n) is 5.77. The highest BCUT2D eigenvalue weighted by atomic mass is 32.2. The Hall–Kier alpha value is -0.910. The molecule has 1 N–H and O–H groups in total. The van der Waals surface area contributed by atoms with Crippen LogP contribution in [0.15, 0.2) is 23.1 Å². The van der Waals surface area contributed by atoms with Crippen molar-refractivity contribution < 1.29 is 13.5 Å². The van der Waals surface area contributed by atoms with Crippen molar-refractivity contribution in [2.24, 2.45) is 5.92 Å². The van der Waals surface area contributed by atoms with Crippen LogP contribution in [0.5, 0.6) is 0 Å². The summed E-state index contributed by atoms with van der Waals surface area (Å²) in [5.74, 6) is 0.0311. The lowest BCUT2D eigenvalue weighted by atomic mass is 9.95. The molecule has 1 aliphatic rings. The third-order valence-corrected chi connectivity index (χ3v) is 6.07. The number of aryl methyl sites for hydroxylation is 2. The second-order valence-corrected chi connectivity index (χ2v) is 7.68. The predicted molar refractivity (Wildman–Crippen MR) is 79.1 cm³/mol. The van der Waals surface area contributed by atoms with E-state index in [1.165, 1.54) is 4.31 Å². The minimum atomic E-state index is -3.46. The van der Waals surface area contributed by atoms with Gasteiger partial charge in [-0.25, -0.2) is 8.42 Å². The van der Waals surface area contributed by atoms with Gasteiger partial charge in [0.25, 0.3) is 0 Å². The third kappa shape index (κ3) is 3.05. The van der Waals surface area contributed by atoms with Gasteiger partial charge in [0.1, 0.15) is 0 Å². The summed E-state index contributed by atoms with van der Waals surface area (Å²) in [5.41, 5.74) is 1.72. The highest BCUT2D eigenvalue weighted by molar-refractivity contribution is 7.89. The molecular formula is C15H23NO3S. The zero-order valence-corrected chi connectivity index (χ0v) is 13.2. The van der Waals surface area contributed by atoms with Crippen LogP contribution in [-0.2, 0) is 10.0 Å². The lowest BCUT2D eigenvalue weighted by Gasteiger charge is -2.33. The molecule has 5 heteroatoms. The van der Waals surface area contributed by atoms with Crippen LogP contribution in [0, 0.1) is 19.8 Å². The van der Waals surface area contributed by atoms with Crippen molar-refractivity contribution >= 4 is 10.0 Å². The third-order valence-electron chi connectivity index (χ3n) is 4.06. The maximum atomic E-state index is 12.8. The first-order chi connectivity index (χ1) is 9.32. The van der Waals surface area contributed by atoms with Gasteiger partial charge in [-0.15, -0.1) is 0 Å². The molecule has 0 saturated carbocycles. The zero-order chi connectivity index (χ0) is 14.9. The fourth-order valence-electron chi connectivity index (χ4n) is 2.71. The quantitative estimate of drug-likeness (QED) is 0.929. The number of piperidine rings is 1. The molecule has 4 nitrogen and oxygen atoms in total. The largest absolute Gasteiger partial charge is 0.393 e. The highest BCUT2D eigenvalue weighted by Gasteiger charge is 2.32. The van der Waals surface area contributed by atoms with E-state index in [1.807, 2.05) is 26.0 Å². The van der Waals surface area contributed by atoms with E-state index in [9.17, 15) is 13.5 Å². The number of aliphatic hydroxyl groups is 1. The Kier molecular flexibility index (Phi) is 4.52. The van der Waals surface area contributed by atoms with Crippen molar-refractivity contribution in [2.75, 3.05) is 13.1 Å². The average Bonchev–Trinajstić information content (AvgIpc) is 2.41. The molecule has 0 radical (unpaired) electrons. The molecule has 0 amide bonds. The Morgan fingerprint density at radius 3 is 2.70 bits per heavy atom. The molecule has 1 aliphatic heterocycles. The molecule has 1 aromatic rings. The number of hydrogen-bond acceptors (Lipinski definition) is 3. The first-order valence-electron chi connectivity index (χ1n) is 7.08. The van der Waals surface area contributed by atoms with Gasteiger partial charge in [0.2, 0.25) is 10.0 Å². The summed E-state index contributed by atoms with van der Waals surface area (Å²) in [4.78, 5) is 0.392. The number of nitrogens with zero attached hydrogens (tertiary/aromatic N) is 1. The van der Waals surface area contributed by atoms with Gasteiger partial charge in [0.15, 0.2) is 0 Å². The Bertz CT molecular complexity index is 581. The molecule has 0 aromatic heterocycles. The number of sulfonamides is 1. The lowest BCUT2D eigenvalue weighted by molar-refractivity contribution is 0.0885. The van der Waals surface area contributed by atoms with E-state index in [0.717, 1.165) is 24.0 Å². The van der Waals surface area contributed by atoms with E-state index >= 15 is 0 Å². The number of aliphatic hydroxyl groups excluding tert-OH is 1. The molecule has 0 spiro atoms. The molecule has 2 atom stereocenters. The Morgan fingerprint density at radius 2 is 2.05 bits per heavy atom. The van der Waals surface area contributed by atoms with E-state index in [-0.39, 0.29) is 5.92 Å². The van der Waals surface area contributed by atoms with E-state index in [4.69, 9.17) is 0 Å². The molecule has 20 heavy (non-hydrogen) atoms. The molecule has 1 aromatic carbocycles. The standard InChI is InChI=1S/C15H23NO3S/c1-11-6-7-12(2)15(9-11)20(18,19)16-8-4-5-14(10-16)13(3)17/h6-7,9,13-14,17H,4-5,8,10H2,1-3H3. The van der Waals surface area contributed by atoms with Crippen molar-refractivity contribution in [3.05, 3.63) is 29.3 Å². The number of benzene rings is 1. The van der Waals surface area contributed by atoms with E-state index in [1.54, 1.807) is 13.0 Å². The molecule has 0 aliphatic carbocycles.